The molecule has 1 aliphatic heterocycles. The van der Waals surface area contributed by atoms with Crippen molar-refractivity contribution >= 4 is 0 Å². The van der Waals surface area contributed by atoms with Gasteiger partial charge in [0.2, 0.25) is 11.7 Å². The van der Waals surface area contributed by atoms with Crippen LogP contribution in [0.1, 0.15) is 45.5 Å². The average molecular weight is 306 g/mol. The van der Waals surface area contributed by atoms with Gasteiger partial charge in [-0.1, -0.05) is 25.9 Å². The molecule has 120 valence electrons. The third-order valence-corrected chi connectivity index (χ3v) is 3.74. The molecular formula is C14H22N6O2. The van der Waals surface area contributed by atoms with Gasteiger partial charge in [-0.2, -0.15) is 10.1 Å². The van der Waals surface area contributed by atoms with Gasteiger partial charge >= 0.3 is 0 Å². The van der Waals surface area contributed by atoms with Gasteiger partial charge in [0.05, 0.1) is 12.6 Å². The molecule has 0 amide bonds. The van der Waals surface area contributed by atoms with Crippen molar-refractivity contribution in [1.29, 1.82) is 0 Å². The number of hydrogen-bond acceptors (Lipinski definition) is 7. The maximum absolute atomic E-state index is 5.54. The summed E-state index contributed by atoms with van der Waals surface area (Å²) in [5.74, 6) is 1.48. The van der Waals surface area contributed by atoms with E-state index in [4.69, 9.17) is 9.26 Å². The van der Waals surface area contributed by atoms with Crippen LogP contribution in [0.25, 0.3) is 11.6 Å². The van der Waals surface area contributed by atoms with E-state index in [9.17, 15) is 0 Å². The highest BCUT2D eigenvalue weighted by Crippen LogP contribution is 2.33. The van der Waals surface area contributed by atoms with Gasteiger partial charge in [-0.25, -0.2) is 4.98 Å². The molecule has 1 saturated heterocycles. The molecular weight excluding hydrogens is 284 g/mol. The third kappa shape index (κ3) is 3.33. The summed E-state index contributed by atoms with van der Waals surface area (Å²) in [5, 5.41) is 14.1. The fourth-order valence-electron chi connectivity index (χ4n) is 2.56. The van der Waals surface area contributed by atoms with Crippen LogP contribution >= 0.6 is 0 Å². The van der Waals surface area contributed by atoms with Crippen molar-refractivity contribution in [2.24, 2.45) is 5.41 Å². The Labute approximate surface area is 129 Å². The van der Waals surface area contributed by atoms with Crippen LogP contribution in [0.4, 0.5) is 0 Å². The second-order valence-corrected chi connectivity index (χ2v) is 6.67. The number of rotatable bonds is 4. The highest BCUT2D eigenvalue weighted by Gasteiger charge is 2.34. The number of ether oxygens (including phenoxy) is 1. The van der Waals surface area contributed by atoms with Gasteiger partial charge in [-0.15, -0.1) is 0 Å². The molecule has 0 spiro atoms. The Morgan fingerprint density at radius 2 is 2.27 bits per heavy atom. The number of nitrogens with zero attached hydrogens (tertiary/aromatic N) is 4. The Bertz CT molecular complexity index is 583. The zero-order valence-corrected chi connectivity index (χ0v) is 13.2. The molecule has 0 saturated carbocycles. The molecule has 0 unspecified atom stereocenters. The molecule has 2 N–H and O–H groups in total. The van der Waals surface area contributed by atoms with E-state index in [1.807, 2.05) is 0 Å². The second-order valence-electron chi connectivity index (χ2n) is 6.67. The minimum absolute atomic E-state index is 0.0524. The maximum atomic E-state index is 5.54. The van der Waals surface area contributed by atoms with Crippen LogP contribution < -0.4 is 5.32 Å². The van der Waals surface area contributed by atoms with E-state index >= 15 is 0 Å². The Balaban J connectivity index is 1.80. The van der Waals surface area contributed by atoms with Crippen LogP contribution in [0.3, 0.4) is 0 Å². The summed E-state index contributed by atoms with van der Waals surface area (Å²) in [6.07, 6.45) is 3.58. The second kappa shape index (κ2) is 6.13. The zero-order valence-electron chi connectivity index (χ0n) is 13.2. The van der Waals surface area contributed by atoms with E-state index in [1.54, 1.807) is 0 Å². The Hall–Kier alpha value is -1.80. The summed E-state index contributed by atoms with van der Waals surface area (Å²) in [7, 11) is 0. The largest absolute Gasteiger partial charge is 0.380 e. The first-order valence-corrected chi connectivity index (χ1v) is 7.57. The van der Waals surface area contributed by atoms with E-state index in [1.165, 1.54) is 6.33 Å². The standard InChI is InChI=1S/C14H22N6O2/c1-14(2,3)10(17-9-5-4-6-21-7-9)13-18-12(20-22-13)11-15-8-16-19-11/h8-10,17H,4-7H2,1-3H3,(H,15,16,19)/t9-,10+/m0/s1. The Morgan fingerprint density at radius 3 is 2.91 bits per heavy atom. The minimum Gasteiger partial charge on any atom is -0.380 e. The van der Waals surface area contributed by atoms with E-state index in [0.29, 0.717) is 23.6 Å². The molecule has 1 aliphatic rings. The van der Waals surface area contributed by atoms with Crippen molar-refractivity contribution in [2.45, 2.75) is 45.7 Å². The lowest BCUT2D eigenvalue weighted by Gasteiger charge is -2.33. The first-order chi connectivity index (χ1) is 10.5. The van der Waals surface area contributed by atoms with E-state index < -0.39 is 0 Å². The lowest BCUT2D eigenvalue weighted by Crippen LogP contribution is -2.43. The van der Waals surface area contributed by atoms with E-state index in [2.05, 4.69) is 51.4 Å². The molecule has 2 aromatic rings. The van der Waals surface area contributed by atoms with Crippen molar-refractivity contribution in [3.8, 4) is 11.6 Å². The summed E-state index contributed by atoms with van der Waals surface area (Å²) in [6, 6.07) is 0.252. The summed E-state index contributed by atoms with van der Waals surface area (Å²) < 4.78 is 11.0. The predicted octanol–water partition coefficient (Wildman–Crippen LogP) is 1.71. The quantitative estimate of drug-likeness (QED) is 0.886. The zero-order chi connectivity index (χ0) is 15.6. The van der Waals surface area contributed by atoms with Gasteiger partial charge in [-0.3, -0.25) is 5.10 Å². The molecule has 0 bridgehead atoms. The molecule has 2 atom stereocenters. The Kier molecular flexibility index (Phi) is 4.21. The lowest BCUT2D eigenvalue weighted by molar-refractivity contribution is 0.0551. The van der Waals surface area contributed by atoms with E-state index in [-0.39, 0.29) is 11.5 Å². The molecule has 3 rings (SSSR count). The topological polar surface area (TPSA) is 102 Å². The van der Waals surface area contributed by atoms with Crippen LogP contribution in [0.15, 0.2) is 10.9 Å². The molecule has 3 heterocycles. The fraction of sp³-hybridized carbons (Fsp3) is 0.714. The van der Waals surface area contributed by atoms with Crippen molar-refractivity contribution in [1.82, 2.24) is 30.6 Å². The van der Waals surface area contributed by atoms with Crippen molar-refractivity contribution < 1.29 is 9.26 Å². The SMILES string of the molecule is CC(C)(C)[C@H](N[C@H]1CCCOC1)c1nc(-c2ncn[nH]2)no1. The number of aromatic nitrogens is 5. The van der Waals surface area contributed by atoms with Crippen LogP contribution in [0, 0.1) is 5.41 Å². The number of hydrogen-bond donors (Lipinski definition) is 2. The lowest BCUT2D eigenvalue weighted by atomic mass is 9.85. The predicted molar refractivity (Wildman–Crippen MR) is 78.8 cm³/mol. The van der Waals surface area contributed by atoms with Crippen LogP contribution in [-0.4, -0.2) is 44.6 Å². The van der Waals surface area contributed by atoms with Crippen LogP contribution in [-0.2, 0) is 4.74 Å². The van der Waals surface area contributed by atoms with Gasteiger partial charge < -0.3 is 14.6 Å². The number of aromatic amines is 1. The average Bonchev–Trinajstić information content (AvgIpc) is 3.15. The highest BCUT2D eigenvalue weighted by molar-refractivity contribution is 5.39. The third-order valence-electron chi connectivity index (χ3n) is 3.74. The van der Waals surface area contributed by atoms with Gasteiger partial charge in [0.25, 0.3) is 0 Å². The summed E-state index contributed by atoms with van der Waals surface area (Å²) in [6.45, 7) is 8.00. The summed E-state index contributed by atoms with van der Waals surface area (Å²) >= 11 is 0. The first kappa shape index (κ1) is 15.1. The van der Waals surface area contributed by atoms with Crippen LogP contribution in [0.2, 0.25) is 0 Å². The van der Waals surface area contributed by atoms with Gasteiger partial charge in [0, 0.05) is 12.6 Å². The minimum atomic E-state index is -0.0668. The maximum Gasteiger partial charge on any atom is 0.244 e. The normalized spacial score (nSPS) is 21.0. The summed E-state index contributed by atoms with van der Waals surface area (Å²) in [5.41, 5.74) is -0.0668. The number of nitrogens with one attached hydrogen (secondary N) is 2. The van der Waals surface area contributed by atoms with E-state index in [0.717, 1.165) is 26.1 Å². The molecule has 0 radical (unpaired) electrons. The smallest absolute Gasteiger partial charge is 0.244 e. The first-order valence-electron chi connectivity index (χ1n) is 7.57. The van der Waals surface area contributed by atoms with Crippen LogP contribution in [0.5, 0.6) is 0 Å². The molecule has 0 aromatic carbocycles. The highest BCUT2D eigenvalue weighted by atomic mass is 16.5. The number of H-pyrrole nitrogens is 1. The van der Waals surface area contributed by atoms with Gasteiger partial charge in [0.15, 0.2) is 5.82 Å². The monoisotopic (exact) mass is 306 g/mol. The van der Waals surface area contributed by atoms with Crippen molar-refractivity contribution in [2.75, 3.05) is 13.2 Å². The molecule has 1 fully saturated rings. The molecule has 8 heteroatoms. The van der Waals surface area contributed by atoms with Crippen molar-refractivity contribution in [3.05, 3.63) is 12.2 Å². The molecule has 22 heavy (non-hydrogen) atoms. The summed E-state index contributed by atoms with van der Waals surface area (Å²) in [4.78, 5) is 8.52. The fourth-order valence-corrected chi connectivity index (χ4v) is 2.56. The van der Waals surface area contributed by atoms with Gasteiger partial charge in [0.1, 0.15) is 6.33 Å². The van der Waals surface area contributed by atoms with Gasteiger partial charge in [-0.05, 0) is 18.3 Å². The van der Waals surface area contributed by atoms with Crippen molar-refractivity contribution in [3.63, 3.8) is 0 Å². The Morgan fingerprint density at radius 1 is 1.41 bits per heavy atom. The molecule has 2 aromatic heterocycles. The molecule has 8 nitrogen and oxygen atoms in total. The molecule has 0 aliphatic carbocycles.